The topological polar surface area (TPSA) is 86.7 Å². The molecule has 0 heterocycles. The van der Waals surface area contributed by atoms with Gasteiger partial charge in [0, 0.05) is 5.56 Å². The summed E-state index contributed by atoms with van der Waals surface area (Å²) in [6.45, 7) is 0. The van der Waals surface area contributed by atoms with Gasteiger partial charge in [-0.2, -0.15) is 0 Å². The van der Waals surface area contributed by atoms with Gasteiger partial charge in [0.05, 0.1) is 5.97 Å². The molecule has 3 aromatic rings. The van der Waals surface area contributed by atoms with Crippen LogP contribution >= 0.6 is 0 Å². The van der Waals surface area contributed by atoms with Crippen LogP contribution in [0.3, 0.4) is 0 Å². The van der Waals surface area contributed by atoms with E-state index in [0.717, 1.165) is 23.3 Å². The number of aromatic hydroxyl groups is 1. The number of ether oxygens (including phenoxy) is 1. The molecule has 0 fully saturated rings. The number of carbonyl (C=O) groups is 2. The first-order chi connectivity index (χ1) is 12.6. The molecule has 6 heteroatoms. The van der Waals surface area contributed by atoms with Crippen molar-refractivity contribution < 1.29 is 54.1 Å². The summed E-state index contributed by atoms with van der Waals surface area (Å²) in [5.41, 5.74) is 1.07. The fourth-order valence-electron chi connectivity index (χ4n) is 2.67. The summed E-state index contributed by atoms with van der Waals surface area (Å²) in [6, 6.07) is 21.8. The Morgan fingerprint density at radius 2 is 1.37 bits per heavy atom. The van der Waals surface area contributed by atoms with Gasteiger partial charge in [-0.15, -0.1) is 0 Å². The van der Waals surface area contributed by atoms with Gasteiger partial charge in [0.25, 0.3) is 0 Å². The van der Waals surface area contributed by atoms with Crippen LogP contribution in [-0.2, 0) is 4.79 Å². The zero-order valence-corrected chi connectivity index (χ0v) is 16.7. The molecular formula is C21H15NaO5. The van der Waals surface area contributed by atoms with Gasteiger partial charge in [-0.05, 0) is 29.3 Å². The van der Waals surface area contributed by atoms with Crippen molar-refractivity contribution in [2.24, 2.45) is 0 Å². The summed E-state index contributed by atoms with van der Waals surface area (Å²) < 4.78 is 5.39. The van der Waals surface area contributed by atoms with Crippen LogP contribution in [-0.4, -0.2) is 17.0 Å². The monoisotopic (exact) mass is 370 g/mol. The molecule has 5 nitrogen and oxygen atoms in total. The van der Waals surface area contributed by atoms with E-state index in [1.165, 1.54) is 6.07 Å². The van der Waals surface area contributed by atoms with E-state index in [-0.39, 0.29) is 35.3 Å². The number of carboxylic acids is 1. The molecule has 0 aromatic heterocycles. The third kappa shape index (κ3) is 4.98. The molecule has 1 N–H and O–H groups in total. The second-order valence-electron chi connectivity index (χ2n) is 5.64. The molecule has 0 saturated heterocycles. The Kier molecular flexibility index (Phi) is 7.19. The van der Waals surface area contributed by atoms with Crippen molar-refractivity contribution in [2.75, 3.05) is 0 Å². The quantitative estimate of drug-likeness (QED) is 0.372. The van der Waals surface area contributed by atoms with Crippen molar-refractivity contribution in [1.82, 2.24) is 0 Å². The zero-order valence-electron chi connectivity index (χ0n) is 14.7. The van der Waals surface area contributed by atoms with E-state index in [2.05, 4.69) is 0 Å². The fourth-order valence-corrected chi connectivity index (χ4v) is 2.67. The van der Waals surface area contributed by atoms with Gasteiger partial charge in [-0.3, -0.25) is 4.79 Å². The zero-order chi connectivity index (χ0) is 18.5. The predicted octanol–water partition coefficient (Wildman–Crippen LogP) is -0.503. The number of carbonyl (C=O) groups excluding carboxylic acids is 2. The number of rotatable bonds is 5. The third-order valence-corrected chi connectivity index (χ3v) is 3.91. The van der Waals surface area contributed by atoms with E-state index in [1.807, 2.05) is 60.7 Å². The third-order valence-electron chi connectivity index (χ3n) is 3.91. The smallest absolute Gasteiger partial charge is 0.545 e. The van der Waals surface area contributed by atoms with Crippen LogP contribution in [0.25, 0.3) is 0 Å². The molecule has 0 amide bonds. The van der Waals surface area contributed by atoms with Gasteiger partial charge in [-0.25, -0.2) is 0 Å². The summed E-state index contributed by atoms with van der Waals surface area (Å²) in [4.78, 5) is 23.9. The summed E-state index contributed by atoms with van der Waals surface area (Å²) in [7, 11) is 0. The van der Waals surface area contributed by atoms with E-state index in [0.29, 0.717) is 0 Å². The molecule has 0 atom stereocenters. The minimum Gasteiger partial charge on any atom is -0.545 e. The molecule has 0 bridgehead atoms. The van der Waals surface area contributed by atoms with Crippen LogP contribution in [0.2, 0.25) is 0 Å². The van der Waals surface area contributed by atoms with Gasteiger partial charge in [0.1, 0.15) is 17.4 Å². The number of aromatic carboxylic acids is 1. The molecule has 0 aliphatic heterocycles. The van der Waals surface area contributed by atoms with Crippen molar-refractivity contribution in [3.63, 3.8) is 0 Å². The maximum absolute atomic E-state index is 12.8. The molecule has 0 unspecified atom stereocenters. The van der Waals surface area contributed by atoms with E-state index >= 15 is 0 Å². The Morgan fingerprint density at radius 3 is 1.85 bits per heavy atom. The molecule has 0 saturated carbocycles. The normalized spacial score (nSPS) is 10.1. The maximum Gasteiger partial charge on any atom is 1.00 e. The largest absolute Gasteiger partial charge is 1.00 e. The molecule has 0 radical (unpaired) electrons. The average molecular weight is 370 g/mol. The first-order valence-electron chi connectivity index (χ1n) is 7.92. The first-order valence-corrected chi connectivity index (χ1v) is 7.92. The molecule has 3 aromatic carbocycles. The van der Waals surface area contributed by atoms with Crippen LogP contribution in [0.15, 0.2) is 78.9 Å². The number of esters is 1. The van der Waals surface area contributed by atoms with Crippen molar-refractivity contribution in [3.05, 3.63) is 95.6 Å². The van der Waals surface area contributed by atoms with Crippen LogP contribution in [0.5, 0.6) is 11.5 Å². The number of benzene rings is 3. The minimum atomic E-state index is -1.55. The van der Waals surface area contributed by atoms with E-state index in [1.54, 1.807) is 0 Å². The second kappa shape index (κ2) is 9.37. The summed E-state index contributed by atoms with van der Waals surface area (Å²) in [5, 5.41) is 20.6. The van der Waals surface area contributed by atoms with E-state index < -0.39 is 29.2 Å². The Hall–Kier alpha value is -2.60. The summed E-state index contributed by atoms with van der Waals surface area (Å²) >= 11 is 0. The summed E-state index contributed by atoms with van der Waals surface area (Å²) in [5.74, 6) is -3.21. The Labute approximate surface area is 178 Å². The van der Waals surface area contributed by atoms with Crippen LogP contribution < -0.4 is 39.4 Å². The van der Waals surface area contributed by atoms with Crippen LogP contribution in [0.1, 0.15) is 27.4 Å². The van der Waals surface area contributed by atoms with Crippen molar-refractivity contribution in [1.29, 1.82) is 0 Å². The van der Waals surface area contributed by atoms with Gasteiger partial charge in [-0.1, -0.05) is 60.7 Å². The standard InChI is InChI=1S/C21H16O5.Na/c22-18-12-11-16(13-17(18)20(23)24)26-21(25)19(14-7-3-1-4-8-14)15-9-5-2-6-10-15;/h1-13,19,22H,(H,23,24);/q;+1/p-1. The Balaban J connectivity index is 0.00000261. The van der Waals surface area contributed by atoms with Gasteiger partial charge < -0.3 is 19.7 Å². The predicted molar refractivity (Wildman–Crippen MR) is 92.8 cm³/mol. The molecule has 27 heavy (non-hydrogen) atoms. The molecule has 0 spiro atoms. The van der Waals surface area contributed by atoms with Crippen LogP contribution in [0, 0.1) is 0 Å². The van der Waals surface area contributed by atoms with Gasteiger partial charge >= 0.3 is 35.5 Å². The molecular weight excluding hydrogens is 355 g/mol. The van der Waals surface area contributed by atoms with Gasteiger partial charge in [0.2, 0.25) is 0 Å². The van der Waals surface area contributed by atoms with E-state index in [9.17, 15) is 19.8 Å². The molecule has 3 rings (SSSR count). The molecule has 0 aliphatic carbocycles. The average Bonchev–Trinajstić information content (AvgIpc) is 2.65. The molecule has 0 aliphatic rings. The van der Waals surface area contributed by atoms with Crippen molar-refractivity contribution >= 4 is 11.9 Å². The van der Waals surface area contributed by atoms with Crippen molar-refractivity contribution in [2.45, 2.75) is 5.92 Å². The minimum absolute atomic E-state index is 0. The summed E-state index contributed by atoms with van der Waals surface area (Å²) in [6.07, 6.45) is 0. The maximum atomic E-state index is 12.8. The van der Waals surface area contributed by atoms with E-state index in [4.69, 9.17) is 4.74 Å². The first kappa shape index (κ1) is 20.7. The Bertz CT molecular complexity index is 886. The number of hydrogen-bond acceptors (Lipinski definition) is 5. The Morgan fingerprint density at radius 1 is 0.852 bits per heavy atom. The van der Waals surface area contributed by atoms with Gasteiger partial charge in [0.15, 0.2) is 0 Å². The van der Waals surface area contributed by atoms with Crippen molar-refractivity contribution in [3.8, 4) is 11.5 Å². The fraction of sp³-hybridized carbons (Fsp3) is 0.0476. The second-order valence-corrected chi connectivity index (χ2v) is 5.64. The molecule has 130 valence electrons. The SMILES string of the molecule is O=C([O-])c1cc(OC(=O)C(c2ccccc2)c2ccccc2)ccc1O.[Na+]. The number of phenols is 1. The number of carboxylic acid groups (broad SMARTS) is 1. The van der Waals surface area contributed by atoms with Crippen LogP contribution in [0.4, 0.5) is 0 Å². The number of hydrogen-bond donors (Lipinski definition) is 1.